The van der Waals surface area contributed by atoms with Crippen molar-refractivity contribution in [3.63, 3.8) is 0 Å². The van der Waals surface area contributed by atoms with E-state index in [0.717, 1.165) is 0 Å². The number of aromatic nitrogens is 1. The molecule has 0 radical (unpaired) electrons. The number of hydrogen-bond acceptors (Lipinski definition) is 4. The molecular weight excluding hydrogens is 246 g/mol. The highest BCUT2D eigenvalue weighted by Gasteiger charge is 2.52. The molecule has 1 saturated heterocycles. The standard InChI is InChI=1S/C13H20BFN2O2/c1-12(2)13(3,4)19-14(18-12)10-7-6-9(8-16-5)17-11(10)15/h6-7,16H,8H2,1-5H3. The van der Waals surface area contributed by atoms with E-state index < -0.39 is 24.3 Å². The van der Waals surface area contributed by atoms with Crippen LogP contribution < -0.4 is 10.8 Å². The van der Waals surface area contributed by atoms with Crippen LogP contribution in [0.1, 0.15) is 33.4 Å². The van der Waals surface area contributed by atoms with Gasteiger partial charge < -0.3 is 14.6 Å². The summed E-state index contributed by atoms with van der Waals surface area (Å²) in [5.41, 5.74) is 0.0420. The summed E-state index contributed by atoms with van der Waals surface area (Å²) >= 11 is 0. The summed E-state index contributed by atoms with van der Waals surface area (Å²) in [5, 5.41) is 2.93. The zero-order valence-corrected chi connectivity index (χ0v) is 12.1. The minimum Gasteiger partial charge on any atom is -0.399 e. The lowest BCUT2D eigenvalue weighted by molar-refractivity contribution is 0.00578. The minimum absolute atomic E-state index is 0.346. The van der Waals surface area contributed by atoms with Gasteiger partial charge in [0.15, 0.2) is 0 Å². The molecule has 2 rings (SSSR count). The van der Waals surface area contributed by atoms with Gasteiger partial charge in [-0.05, 0) is 40.8 Å². The van der Waals surface area contributed by atoms with Crippen LogP contribution in [-0.4, -0.2) is 30.4 Å². The van der Waals surface area contributed by atoms with Crippen LogP contribution in [0.25, 0.3) is 0 Å². The second kappa shape index (κ2) is 4.85. The molecule has 6 heteroatoms. The van der Waals surface area contributed by atoms with Crippen molar-refractivity contribution in [1.29, 1.82) is 0 Å². The smallest absolute Gasteiger partial charge is 0.399 e. The van der Waals surface area contributed by atoms with Crippen molar-refractivity contribution in [3.05, 3.63) is 23.8 Å². The molecule has 1 aromatic rings. The van der Waals surface area contributed by atoms with E-state index in [-0.39, 0.29) is 0 Å². The third-order valence-electron chi connectivity index (χ3n) is 3.80. The molecule has 0 spiro atoms. The number of hydrogen-bond donors (Lipinski definition) is 1. The first kappa shape index (κ1) is 14.4. The molecule has 1 fully saturated rings. The van der Waals surface area contributed by atoms with Crippen LogP contribution >= 0.6 is 0 Å². The van der Waals surface area contributed by atoms with Crippen molar-refractivity contribution in [2.24, 2.45) is 0 Å². The van der Waals surface area contributed by atoms with Crippen LogP contribution in [0.5, 0.6) is 0 Å². The van der Waals surface area contributed by atoms with E-state index >= 15 is 0 Å². The van der Waals surface area contributed by atoms with Crippen molar-refractivity contribution in [1.82, 2.24) is 10.3 Å². The Balaban J connectivity index is 2.25. The molecule has 0 aromatic carbocycles. The first-order chi connectivity index (χ1) is 8.77. The van der Waals surface area contributed by atoms with Gasteiger partial charge in [-0.25, -0.2) is 4.98 Å². The summed E-state index contributed by atoms with van der Waals surface area (Å²) in [6, 6.07) is 3.46. The second-order valence-electron chi connectivity index (χ2n) is 5.80. The van der Waals surface area contributed by atoms with Gasteiger partial charge in [-0.3, -0.25) is 0 Å². The van der Waals surface area contributed by atoms with Crippen LogP contribution in [0.2, 0.25) is 0 Å². The average molecular weight is 266 g/mol. The van der Waals surface area contributed by atoms with Crippen molar-refractivity contribution in [2.45, 2.75) is 45.4 Å². The van der Waals surface area contributed by atoms with Gasteiger partial charge in [0.05, 0.1) is 16.9 Å². The SMILES string of the molecule is CNCc1ccc(B2OC(C)(C)C(C)(C)O2)c(F)n1. The number of halogens is 1. The van der Waals surface area contributed by atoms with Crippen LogP contribution in [-0.2, 0) is 15.9 Å². The predicted octanol–water partition coefficient (Wildman–Crippen LogP) is 1.24. The van der Waals surface area contributed by atoms with Gasteiger partial charge in [0.1, 0.15) is 0 Å². The van der Waals surface area contributed by atoms with Gasteiger partial charge in [0.25, 0.3) is 0 Å². The van der Waals surface area contributed by atoms with Crippen LogP contribution in [0, 0.1) is 5.95 Å². The zero-order valence-electron chi connectivity index (χ0n) is 12.1. The Hall–Kier alpha value is -0.975. The fraction of sp³-hybridized carbons (Fsp3) is 0.615. The molecule has 4 nitrogen and oxygen atoms in total. The van der Waals surface area contributed by atoms with Crippen molar-refractivity contribution in [3.8, 4) is 0 Å². The Bertz CT molecular complexity index is 464. The molecule has 1 aromatic heterocycles. The van der Waals surface area contributed by atoms with E-state index in [4.69, 9.17) is 9.31 Å². The molecule has 104 valence electrons. The van der Waals surface area contributed by atoms with Crippen molar-refractivity contribution in [2.75, 3.05) is 7.05 Å². The monoisotopic (exact) mass is 266 g/mol. The highest BCUT2D eigenvalue weighted by molar-refractivity contribution is 6.62. The van der Waals surface area contributed by atoms with Gasteiger partial charge in [0, 0.05) is 12.0 Å². The first-order valence-corrected chi connectivity index (χ1v) is 6.42. The lowest BCUT2D eigenvalue weighted by atomic mass is 9.80. The fourth-order valence-corrected chi connectivity index (χ4v) is 1.91. The predicted molar refractivity (Wildman–Crippen MR) is 72.7 cm³/mol. The van der Waals surface area contributed by atoms with Gasteiger partial charge in [-0.1, -0.05) is 6.07 Å². The second-order valence-corrected chi connectivity index (χ2v) is 5.80. The quantitative estimate of drug-likeness (QED) is 0.660. The molecule has 0 bridgehead atoms. The number of pyridine rings is 1. The summed E-state index contributed by atoms with van der Waals surface area (Å²) in [6.07, 6.45) is 0. The molecule has 1 N–H and O–H groups in total. The average Bonchev–Trinajstić information content (AvgIpc) is 2.48. The van der Waals surface area contributed by atoms with Crippen molar-refractivity contribution < 1.29 is 13.7 Å². The van der Waals surface area contributed by atoms with Crippen LogP contribution in [0.15, 0.2) is 12.1 Å². The third-order valence-corrected chi connectivity index (χ3v) is 3.80. The maximum absolute atomic E-state index is 14.0. The van der Waals surface area contributed by atoms with Crippen LogP contribution in [0.4, 0.5) is 4.39 Å². The van der Waals surface area contributed by atoms with E-state index in [2.05, 4.69) is 10.3 Å². The minimum atomic E-state index is -0.707. The van der Waals surface area contributed by atoms with Crippen molar-refractivity contribution >= 4 is 12.6 Å². The molecule has 2 heterocycles. The Morgan fingerprint density at radius 3 is 2.26 bits per heavy atom. The zero-order chi connectivity index (χ0) is 14.3. The fourth-order valence-electron chi connectivity index (χ4n) is 1.91. The Morgan fingerprint density at radius 1 is 1.21 bits per heavy atom. The van der Waals surface area contributed by atoms with E-state index in [1.165, 1.54) is 0 Å². The van der Waals surface area contributed by atoms with E-state index in [1.54, 1.807) is 19.2 Å². The molecule has 0 aliphatic carbocycles. The van der Waals surface area contributed by atoms with E-state index in [1.807, 2.05) is 27.7 Å². The van der Waals surface area contributed by atoms with Gasteiger partial charge >= 0.3 is 7.12 Å². The summed E-state index contributed by atoms with van der Waals surface area (Å²) in [6.45, 7) is 8.28. The largest absolute Gasteiger partial charge is 0.499 e. The number of rotatable bonds is 3. The third kappa shape index (κ3) is 2.66. The highest BCUT2D eigenvalue weighted by Crippen LogP contribution is 2.36. The molecule has 19 heavy (non-hydrogen) atoms. The molecule has 0 unspecified atom stereocenters. The maximum atomic E-state index is 14.0. The number of nitrogens with zero attached hydrogens (tertiary/aromatic N) is 1. The van der Waals surface area contributed by atoms with E-state index in [0.29, 0.717) is 17.7 Å². The lowest BCUT2D eigenvalue weighted by Crippen LogP contribution is -2.41. The molecule has 0 amide bonds. The molecule has 0 atom stereocenters. The van der Waals surface area contributed by atoms with E-state index in [9.17, 15) is 4.39 Å². The highest BCUT2D eigenvalue weighted by atomic mass is 19.1. The summed E-state index contributed by atoms with van der Waals surface area (Å²) < 4.78 is 25.7. The van der Waals surface area contributed by atoms with Gasteiger partial charge in [0.2, 0.25) is 5.95 Å². The van der Waals surface area contributed by atoms with Gasteiger partial charge in [-0.15, -0.1) is 0 Å². The maximum Gasteiger partial charge on any atom is 0.499 e. The summed E-state index contributed by atoms with van der Waals surface area (Å²) in [7, 11) is 1.09. The van der Waals surface area contributed by atoms with Crippen LogP contribution in [0.3, 0.4) is 0 Å². The number of nitrogens with one attached hydrogen (secondary N) is 1. The molecule has 1 aliphatic rings. The van der Waals surface area contributed by atoms with Gasteiger partial charge in [-0.2, -0.15) is 4.39 Å². The Labute approximate surface area is 113 Å². The summed E-state index contributed by atoms with van der Waals surface area (Å²) in [5.74, 6) is -0.536. The molecule has 0 saturated carbocycles. The molecule has 1 aliphatic heterocycles. The topological polar surface area (TPSA) is 43.4 Å². The normalized spacial score (nSPS) is 20.8. The summed E-state index contributed by atoms with van der Waals surface area (Å²) in [4.78, 5) is 3.91. The Kier molecular flexibility index (Phi) is 3.68. The molecular formula is C13H20BFN2O2. The first-order valence-electron chi connectivity index (χ1n) is 6.42. The lowest BCUT2D eigenvalue weighted by Gasteiger charge is -2.32. The Morgan fingerprint density at radius 2 is 1.79 bits per heavy atom.